The van der Waals surface area contributed by atoms with E-state index in [1.165, 1.54) is 12.0 Å². The van der Waals surface area contributed by atoms with E-state index in [4.69, 9.17) is 9.47 Å². The summed E-state index contributed by atoms with van der Waals surface area (Å²) in [6, 6.07) is -0.565. The second kappa shape index (κ2) is 8.17. The summed E-state index contributed by atoms with van der Waals surface area (Å²) in [7, 11) is 1.32. The highest BCUT2D eigenvalue weighted by Gasteiger charge is 2.39. The average molecular weight is 328 g/mol. The smallest absolute Gasteiger partial charge is 0.408 e. The van der Waals surface area contributed by atoms with Crippen LogP contribution in [0, 0.1) is 5.92 Å². The fraction of sp³-hybridized carbons (Fsp3) is 0.812. The van der Waals surface area contributed by atoms with Crippen LogP contribution in [0.4, 0.5) is 4.79 Å². The molecule has 23 heavy (non-hydrogen) atoms. The van der Waals surface area contributed by atoms with Gasteiger partial charge in [-0.2, -0.15) is 0 Å². The molecule has 0 radical (unpaired) electrons. The van der Waals surface area contributed by atoms with E-state index >= 15 is 0 Å². The monoisotopic (exact) mass is 328 g/mol. The lowest BCUT2D eigenvalue weighted by atomic mass is 10.0. The number of hydrogen-bond acceptors (Lipinski definition) is 5. The molecule has 1 rings (SSSR count). The lowest BCUT2D eigenvalue weighted by molar-refractivity contribution is -0.150. The molecule has 2 atom stereocenters. The fourth-order valence-corrected chi connectivity index (χ4v) is 2.74. The van der Waals surface area contributed by atoms with Gasteiger partial charge in [0.2, 0.25) is 5.91 Å². The number of nitrogens with zero attached hydrogens (tertiary/aromatic N) is 1. The van der Waals surface area contributed by atoms with Crippen LogP contribution < -0.4 is 5.32 Å². The third-order valence-electron chi connectivity index (χ3n) is 3.66. The second-order valence-electron chi connectivity index (χ2n) is 6.83. The molecule has 0 spiro atoms. The van der Waals surface area contributed by atoms with Crippen molar-refractivity contribution in [2.45, 2.75) is 58.6 Å². The van der Waals surface area contributed by atoms with Gasteiger partial charge in [0.25, 0.3) is 0 Å². The molecule has 1 aliphatic heterocycles. The third-order valence-corrected chi connectivity index (χ3v) is 3.66. The topological polar surface area (TPSA) is 84.9 Å². The Kier molecular flexibility index (Phi) is 6.84. The number of alkyl carbamates (subject to hydrolysis) is 1. The van der Waals surface area contributed by atoms with Gasteiger partial charge in [-0.25, -0.2) is 9.59 Å². The molecule has 132 valence electrons. The third kappa shape index (κ3) is 6.08. The predicted molar refractivity (Wildman–Crippen MR) is 84.8 cm³/mol. The number of rotatable bonds is 5. The molecule has 0 saturated carbocycles. The van der Waals surface area contributed by atoms with Crippen LogP contribution in [0.3, 0.4) is 0 Å². The molecule has 1 saturated heterocycles. The van der Waals surface area contributed by atoms with E-state index < -0.39 is 23.7 Å². The van der Waals surface area contributed by atoms with Crippen molar-refractivity contribution in [1.82, 2.24) is 10.2 Å². The number of methoxy groups -OCH3 is 1. The molecular formula is C16H28N2O5. The van der Waals surface area contributed by atoms with Crippen molar-refractivity contribution in [3.63, 3.8) is 0 Å². The van der Waals surface area contributed by atoms with E-state index in [0.717, 1.165) is 12.8 Å². The Bertz CT molecular complexity index is 444. The Hall–Kier alpha value is -1.79. The van der Waals surface area contributed by atoms with Crippen LogP contribution in [-0.2, 0) is 19.1 Å². The van der Waals surface area contributed by atoms with Crippen molar-refractivity contribution in [3.05, 3.63) is 0 Å². The van der Waals surface area contributed by atoms with Crippen LogP contribution in [0.1, 0.15) is 47.0 Å². The first-order valence-electron chi connectivity index (χ1n) is 8.02. The number of likely N-dealkylation sites (tertiary alicyclic amines) is 1. The number of carbonyl (C=O) groups is 3. The SMILES string of the molecule is CCC[C@@H]1CC(C(=O)OC)N(C(=O)CNC(=O)OC(C)(C)C)C1. The molecular weight excluding hydrogens is 300 g/mol. The Morgan fingerprint density at radius 1 is 1.26 bits per heavy atom. The van der Waals surface area contributed by atoms with Gasteiger partial charge >= 0.3 is 12.1 Å². The maximum Gasteiger partial charge on any atom is 0.408 e. The first-order chi connectivity index (χ1) is 10.7. The van der Waals surface area contributed by atoms with Crippen LogP contribution in [0.15, 0.2) is 0 Å². The molecule has 1 aliphatic rings. The maximum atomic E-state index is 12.3. The zero-order chi connectivity index (χ0) is 17.6. The molecule has 0 aliphatic carbocycles. The van der Waals surface area contributed by atoms with Crippen LogP contribution in [0.5, 0.6) is 0 Å². The number of nitrogens with one attached hydrogen (secondary N) is 1. The van der Waals surface area contributed by atoms with Gasteiger partial charge < -0.3 is 19.7 Å². The Labute approximate surface area is 137 Å². The van der Waals surface area contributed by atoms with E-state index in [9.17, 15) is 14.4 Å². The second-order valence-corrected chi connectivity index (χ2v) is 6.83. The highest BCUT2D eigenvalue weighted by atomic mass is 16.6. The summed E-state index contributed by atoms with van der Waals surface area (Å²) >= 11 is 0. The van der Waals surface area contributed by atoms with E-state index in [1.807, 2.05) is 0 Å². The van der Waals surface area contributed by atoms with Crippen LogP contribution >= 0.6 is 0 Å². The minimum atomic E-state index is -0.648. The lowest BCUT2D eigenvalue weighted by Gasteiger charge is -2.24. The highest BCUT2D eigenvalue weighted by Crippen LogP contribution is 2.27. The predicted octanol–water partition coefficient (Wildman–Crippen LogP) is 1.70. The Balaban J connectivity index is 2.61. The molecule has 1 unspecified atom stereocenters. The van der Waals surface area contributed by atoms with Crippen LogP contribution in [-0.4, -0.2) is 54.7 Å². The minimum absolute atomic E-state index is 0.193. The van der Waals surface area contributed by atoms with Crippen molar-refractivity contribution in [2.24, 2.45) is 5.92 Å². The van der Waals surface area contributed by atoms with Crippen molar-refractivity contribution in [1.29, 1.82) is 0 Å². The minimum Gasteiger partial charge on any atom is -0.467 e. The summed E-state index contributed by atoms with van der Waals surface area (Å²) in [6.45, 7) is 7.64. The van der Waals surface area contributed by atoms with Crippen LogP contribution in [0.25, 0.3) is 0 Å². The number of esters is 1. The summed E-state index contributed by atoms with van der Waals surface area (Å²) in [6.07, 6.45) is 1.91. The summed E-state index contributed by atoms with van der Waals surface area (Å²) < 4.78 is 9.88. The standard InChI is InChI=1S/C16H28N2O5/c1-6-7-11-8-12(14(20)22-5)18(10-11)13(19)9-17-15(21)23-16(2,3)4/h11-12H,6-10H2,1-5H3,(H,17,21)/t11-,12?/m1/s1. The maximum absolute atomic E-state index is 12.3. The van der Waals surface area contributed by atoms with Crippen molar-refractivity contribution in [2.75, 3.05) is 20.2 Å². The number of ether oxygens (including phenoxy) is 2. The summed E-state index contributed by atoms with van der Waals surface area (Å²) in [4.78, 5) is 37.3. The van der Waals surface area contributed by atoms with E-state index in [0.29, 0.717) is 13.0 Å². The van der Waals surface area contributed by atoms with E-state index in [-0.39, 0.29) is 18.4 Å². The quantitative estimate of drug-likeness (QED) is 0.777. The molecule has 0 bridgehead atoms. The molecule has 7 heteroatoms. The highest BCUT2D eigenvalue weighted by molar-refractivity contribution is 5.87. The van der Waals surface area contributed by atoms with Crippen LogP contribution in [0.2, 0.25) is 0 Å². The molecule has 7 nitrogen and oxygen atoms in total. The molecule has 1 fully saturated rings. The fourth-order valence-electron chi connectivity index (χ4n) is 2.74. The zero-order valence-electron chi connectivity index (χ0n) is 14.7. The molecule has 2 amide bonds. The largest absolute Gasteiger partial charge is 0.467 e. The average Bonchev–Trinajstić information content (AvgIpc) is 2.86. The number of carbonyl (C=O) groups excluding carboxylic acids is 3. The van der Waals surface area contributed by atoms with Crippen molar-refractivity contribution < 1.29 is 23.9 Å². The van der Waals surface area contributed by atoms with Gasteiger partial charge in [0.15, 0.2) is 0 Å². The normalized spacial score (nSPS) is 21.0. The molecule has 0 aromatic rings. The summed E-state index contributed by atoms with van der Waals surface area (Å²) in [5.41, 5.74) is -0.623. The lowest BCUT2D eigenvalue weighted by Crippen LogP contribution is -2.46. The van der Waals surface area contributed by atoms with Gasteiger partial charge in [0, 0.05) is 6.54 Å². The first-order valence-corrected chi connectivity index (χ1v) is 8.02. The van der Waals surface area contributed by atoms with Gasteiger partial charge in [-0.3, -0.25) is 4.79 Å². The van der Waals surface area contributed by atoms with Gasteiger partial charge in [0.05, 0.1) is 7.11 Å². The Morgan fingerprint density at radius 2 is 1.91 bits per heavy atom. The molecule has 0 aromatic carbocycles. The van der Waals surface area contributed by atoms with Gasteiger partial charge in [-0.05, 0) is 39.5 Å². The summed E-state index contributed by atoms with van der Waals surface area (Å²) in [5.74, 6) is -0.423. The van der Waals surface area contributed by atoms with E-state index in [2.05, 4.69) is 12.2 Å². The van der Waals surface area contributed by atoms with Crippen molar-refractivity contribution >= 4 is 18.0 Å². The Morgan fingerprint density at radius 3 is 2.43 bits per heavy atom. The number of amides is 2. The van der Waals surface area contributed by atoms with E-state index in [1.54, 1.807) is 20.8 Å². The first kappa shape index (κ1) is 19.3. The molecule has 1 N–H and O–H groups in total. The zero-order valence-corrected chi connectivity index (χ0v) is 14.7. The molecule has 1 heterocycles. The molecule has 0 aromatic heterocycles. The number of hydrogen-bond donors (Lipinski definition) is 1. The summed E-state index contributed by atoms with van der Waals surface area (Å²) in [5, 5.41) is 2.44. The van der Waals surface area contributed by atoms with Gasteiger partial charge in [-0.1, -0.05) is 13.3 Å². The van der Waals surface area contributed by atoms with Crippen molar-refractivity contribution in [3.8, 4) is 0 Å². The van der Waals surface area contributed by atoms with Gasteiger partial charge in [-0.15, -0.1) is 0 Å². The van der Waals surface area contributed by atoms with Gasteiger partial charge in [0.1, 0.15) is 18.2 Å².